The Balaban J connectivity index is 1.56. The SMILES string of the molecule is O=C(CCCn1cncn1)N1CCCC1c1cnccn1. The zero-order valence-electron chi connectivity index (χ0n) is 11.8. The molecule has 1 aliphatic rings. The van der Waals surface area contributed by atoms with Gasteiger partial charge in [0.15, 0.2) is 0 Å². The van der Waals surface area contributed by atoms with Crippen LogP contribution in [0.4, 0.5) is 0 Å². The molecule has 0 bridgehead atoms. The number of likely N-dealkylation sites (tertiary alicyclic amines) is 1. The van der Waals surface area contributed by atoms with Crippen molar-refractivity contribution in [1.29, 1.82) is 0 Å². The predicted molar refractivity (Wildman–Crippen MR) is 75.0 cm³/mol. The number of hydrogen-bond acceptors (Lipinski definition) is 5. The van der Waals surface area contributed by atoms with Crippen molar-refractivity contribution in [3.05, 3.63) is 36.9 Å². The zero-order chi connectivity index (χ0) is 14.5. The van der Waals surface area contributed by atoms with E-state index in [1.165, 1.54) is 6.33 Å². The first-order valence-electron chi connectivity index (χ1n) is 7.22. The monoisotopic (exact) mass is 286 g/mol. The van der Waals surface area contributed by atoms with E-state index in [0.29, 0.717) is 6.42 Å². The number of amides is 1. The van der Waals surface area contributed by atoms with E-state index in [2.05, 4.69) is 20.1 Å². The topological polar surface area (TPSA) is 76.8 Å². The van der Waals surface area contributed by atoms with Crippen LogP contribution in [0.3, 0.4) is 0 Å². The fourth-order valence-electron chi connectivity index (χ4n) is 2.74. The van der Waals surface area contributed by atoms with E-state index in [1.807, 2.05) is 4.90 Å². The second-order valence-corrected chi connectivity index (χ2v) is 5.14. The number of aromatic nitrogens is 5. The second kappa shape index (κ2) is 6.43. The van der Waals surface area contributed by atoms with Gasteiger partial charge in [0.05, 0.1) is 17.9 Å². The minimum atomic E-state index is 0.0811. The Morgan fingerprint density at radius 1 is 1.33 bits per heavy atom. The third-order valence-electron chi connectivity index (χ3n) is 3.74. The van der Waals surface area contributed by atoms with Crippen LogP contribution in [-0.2, 0) is 11.3 Å². The van der Waals surface area contributed by atoms with Gasteiger partial charge in [0, 0.05) is 31.9 Å². The fraction of sp³-hybridized carbons (Fsp3) is 0.500. The molecule has 1 amide bonds. The number of nitrogens with zero attached hydrogens (tertiary/aromatic N) is 6. The number of hydrogen-bond donors (Lipinski definition) is 0. The van der Waals surface area contributed by atoms with Crippen LogP contribution in [-0.4, -0.2) is 42.1 Å². The summed E-state index contributed by atoms with van der Waals surface area (Å²) >= 11 is 0. The van der Waals surface area contributed by atoms with Gasteiger partial charge in [-0.25, -0.2) is 4.98 Å². The van der Waals surface area contributed by atoms with E-state index in [-0.39, 0.29) is 11.9 Å². The van der Waals surface area contributed by atoms with Gasteiger partial charge >= 0.3 is 0 Å². The lowest BCUT2D eigenvalue weighted by Crippen LogP contribution is -2.31. The maximum atomic E-state index is 12.4. The van der Waals surface area contributed by atoms with Crippen LogP contribution in [0.5, 0.6) is 0 Å². The summed E-state index contributed by atoms with van der Waals surface area (Å²) in [5.41, 5.74) is 0.889. The predicted octanol–water partition coefficient (Wildman–Crippen LogP) is 1.21. The highest BCUT2D eigenvalue weighted by atomic mass is 16.2. The smallest absolute Gasteiger partial charge is 0.223 e. The van der Waals surface area contributed by atoms with E-state index < -0.39 is 0 Å². The van der Waals surface area contributed by atoms with Gasteiger partial charge in [-0.15, -0.1) is 0 Å². The largest absolute Gasteiger partial charge is 0.334 e. The molecular formula is C14H18N6O. The van der Waals surface area contributed by atoms with Gasteiger partial charge in [0.2, 0.25) is 5.91 Å². The molecule has 1 fully saturated rings. The molecule has 1 unspecified atom stereocenters. The third-order valence-corrected chi connectivity index (χ3v) is 3.74. The average Bonchev–Trinajstić information content (AvgIpc) is 3.19. The minimum absolute atomic E-state index is 0.0811. The molecule has 3 heterocycles. The summed E-state index contributed by atoms with van der Waals surface area (Å²) in [6.45, 7) is 1.53. The number of rotatable bonds is 5. The van der Waals surface area contributed by atoms with Crippen molar-refractivity contribution in [3.63, 3.8) is 0 Å². The molecule has 7 nitrogen and oxygen atoms in total. The summed E-state index contributed by atoms with van der Waals surface area (Å²) in [5.74, 6) is 0.184. The zero-order valence-corrected chi connectivity index (χ0v) is 11.8. The molecule has 1 aliphatic heterocycles. The number of carbonyl (C=O) groups is 1. The summed E-state index contributed by atoms with van der Waals surface area (Å²) in [6, 6.07) is 0.0811. The number of aryl methyl sites for hydroxylation is 1. The molecule has 2 aromatic rings. The highest BCUT2D eigenvalue weighted by Crippen LogP contribution is 2.30. The maximum Gasteiger partial charge on any atom is 0.223 e. The van der Waals surface area contributed by atoms with Crippen molar-refractivity contribution in [1.82, 2.24) is 29.6 Å². The van der Waals surface area contributed by atoms with Crippen LogP contribution in [0.25, 0.3) is 0 Å². The van der Waals surface area contributed by atoms with Gasteiger partial charge in [-0.3, -0.25) is 19.4 Å². The molecule has 110 valence electrons. The Morgan fingerprint density at radius 2 is 2.29 bits per heavy atom. The Labute approximate surface area is 123 Å². The first-order valence-corrected chi connectivity index (χ1v) is 7.22. The summed E-state index contributed by atoms with van der Waals surface area (Å²) in [7, 11) is 0. The van der Waals surface area contributed by atoms with Crippen molar-refractivity contribution >= 4 is 5.91 Å². The van der Waals surface area contributed by atoms with Crippen LogP contribution >= 0.6 is 0 Å². The molecule has 0 radical (unpaired) electrons. The molecule has 2 aromatic heterocycles. The van der Waals surface area contributed by atoms with E-state index in [1.54, 1.807) is 29.6 Å². The van der Waals surface area contributed by atoms with Gasteiger partial charge in [0.1, 0.15) is 12.7 Å². The lowest BCUT2D eigenvalue weighted by atomic mass is 10.1. The Hall–Kier alpha value is -2.31. The van der Waals surface area contributed by atoms with Gasteiger partial charge in [-0.1, -0.05) is 0 Å². The third kappa shape index (κ3) is 3.24. The van der Waals surface area contributed by atoms with E-state index in [0.717, 1.165) is 38.0 Å². The quantitative estimate of drug-likeness (QED) is 0.825. The molecule has 7 heteroatoms. The molecule has 0 N–H and O–H groups in total. The van der Waals surface area contributed by atoms with Crippen molar-refractivity contribution in [2.75, 3.05) is 6.54 Å². The van der Waals surface area contributed by atoms with Crippen molar-refractivity contribution in [2.45, 2.75) is 38.3 Å². The molecule has 1 saturated heterocycles. The average molecular weight is 286 g/mol. The maximum absolute atomic E-state index is 12.4. The van der Waals surface area contributed by atoms with E-state index in [4.69, 9.17) is 0 Å². The second-order valence-electron chi connectivity index (χ2n) is 5.14. The van der Waals surface area contributed by atoms with Crippen LogP contribution < -0.4 is 0 Å². The van der Waals surface area contributed by atoms with Crippen LogP contribution in [0, 0.1) is 0 Å². The standard InChI is InChI=1S/C14H18N6O/c21-14(4-2-7-19-11-16-10-18-19)20-8-1-3-13(20)12-9-15-5-6-17-12/h5-6,9-11,13H,1-4,7-8H2. The molecule has 0 aliphatic carbocycles. The van der Waals surface area contributed by atoms with Crippen LogP contribution in [0.15, 0.2) is 31.2 Å². The molecule has 0 aromatic carbocycles. The summed E-state index contributed by atoms with van der Waals surface area (Å²) in [6.07, 6.45) is 11.6. The Morgan fingerprint density at radius 3 is 3.05 bits per heavy atom. The van der Waals surface area contributed by atoms with Crippen LogP contribution in [0.2, 0.25) is 0 Å². The molecule has 3 rings (SSSR count). The minimum Gasteiger partial charge on any atom is -0.334 e. The summed E-state index contributed by atoms with van der Waals surface area (Å²) < 4.78 is 1.75. The molecule has 0 spiro atoms. The Kier molecular flexibility index (Phi) is 4.18. The fourth-order valence-corrected chi connectivity index (χ4v) is 2.74. The van der Waals surface area contributed by atoms with Crippen molar-refractivity contribution < 1.29 is 4.79 Å². The van der Waals surface area contributed by atoms with Crippen molar-refractivity contribution in [2.24, 2.45) is 0 Å². The van der Waals surface area contributed by atoms with Gasteiger partial charge in [-0.2, -0.15) is 5.10 Å². The van der Waals surface area contributed by atoms with E-state index in [9.17, 15) is 4.79 Å². The van der Waals surface area contributed by atoms with Gasteiger partial charge in [0.25, 0.3) is 0 Å². The summed E-state index contributed by atoms with van der Waals surface area (Å²) in [5, 5.41) is 4.04. The van der Waals surface area contributed by atoms with Crippen LogP contribution in [0.1, 0.15) is 37.4 Å². The molecular weight excluding hydrogens is 268 g/mol. The first kappa shape index (κ1) is 13.7. The molecule has 1 atom stereocenters. The molecule has 0 saturated carbocycles. The first-order chi connectivity index (χ1) is 10.3. The Bertz CT molecular complexity index is 570. The highest BCUT2D eigenvalue weighted by Gasteiger charge is 2.30. The lowest BCUT2D eigenvalue weighted by molar-refractivity contribution is -0.132. The number of carbonyl (C=O) groups excluding carboxylic acids is 1. The lowest BCUT2D eigenvalue weighted by Gasteiger charge is -2.24. The molecule has 21 heavy (non-hydrogen) atoms. The summed E-state index contributed by atoms with van der Waals surface area (Å²) in [4.78, 5) is 26.7. The van der Waals surface area contributed by atoms with Gasteiger partial charge in [-0.05, 0) is 19.3 Å². The van der Waals surface area contributed by atoms with Crippen molar-refractivity contribution in [3.8, 4) is 0 Å². The normalized spacial score (nSPS) is 18.1. The van der Waals surface area contributed by atoms with Gasteiger partial charge < -0.3 is 4.90 Å². The van der Waals surface area contributed by atoms with E-state index >= 15 is 0 Å². The highest BCUT2D eigenvalue weighted by molar-refractivity contribution is 5.76.